The number of carbonyl (C=O) groups excluding carboxylic acids is 2. The van der Waals surface area contributed by atoms with E-state index >= 15 is 0 Å². The van der Waals surface area contributed by atoms with E-state index in [1.54, 1.807) is 20.0 Å². The van der Waals surface area contributed by atoms with Gasteiger partial charge >= 0.3 is 6.09 Å². The molecule has 6 heteroatoms. The Balaban J connectivity index is 5.02. The van der Waals surface area contributed by atoms with Crippen LogP contribution in [-0.4, -0.2) is 31.9 Å². The zero-order valence-electron chi connectivity index (χ0n) is 15.8. The third kappa shape index (κ3) is 9.30. The molecule has 0 rings (SSSR count). The lowest BCUT2D eigenvalue weighted by Crippen LogP contribution is -2.43. The van der Waals surface area contributed by atoms with E-state index in [9.17, 15) is 9.59 Å². The van der Waals surface area contributed by atoms with Crippen molar-refractivity contribution in [1.82, 2.24) is 10.9 Å². The molecule has 2 N–H and O–H groups in total. The zero-order valence-corrected chi connectivity index (χ0v) is 15.8. The largest absolute Gasteiger partial charge is 0.452 e. The average molecular weight is 347 g/mol. The molecule has 0 saturated carbocycles. The molecule has 138 valence electrons. The van der Waals surface area contributed by atoms with Crippen LogP contribution < -0.4 is 10.9 Å². The number of nitrogens with zero attached hydrogens (tertiary/aromatic N) is 1. The lowest BCUT2D eigenvalue weighted by Gasteiger charge is -2.13. The summed E-state index contributed by atoms with van der Waals surface area (Å²) < 4.78 is 4.42. The van der Waals surface area contributed by atoms with Crippen molar-refractivity contribution in [3.63, 3.8) is 0 Å². The maximum atomic E-state index is 12.3. The van der Waals surface area contributed by atoms with E-state index < -0.39 is 12.0 Å². The van der Waals surface area contributed by atoms with Crippen molar-refractivity contribution in [3.8, 4) is 0 Å². The van der Waals surface area contributed by atoms with Gasteiger partial charge in [0.1, 0.15) is 0 Å². The molecule has 2 amide bonds. The summed E-state index contributed by atoms with van der Waals surface area (Å²) in [6.45, 7) is 9.45. The molecule has 0 aliphatic carbocycles. The molecule has 0 aromatic heterocycles. The minimum Gasteiger partial charge on any atom is -0.452 e. The van der Waals surface area contributed by atoms with Crippen molar-refractivity contribution in [2.75, 3.05) is 14.2 Å². The van der Waals surface area contributed by atoms with E-state index in [4.69, 9.17) is 0 Å². The number of amides is 2. The Morgan fingerprint density at radius 1 is 1.32 bits per heavy atom. The minimum atomic E-state index is -0.737. The molecule has 0 spiro atoms. The van der Waals surface area contributed by atoms with Crippen LogP contribution in [0.3, 0.4) is 0 Å². The van der Waals surface area contributed by atoms with E-state index in [2.05, 4.69) is 33.2 Å². The Labute approximate surface area is 150 Å². The van der Waals surface area contributed by atoms with Crippen molar-refractivity contribution in [3.05, 3.63) is 48.1 Å². The summed E-state index contributed by atoms with van der Waals surface area (Å²) in [5.74, 6) is -0.277. The van der Waals surface area contributed by atoms with Gasteiger partial charge in [0.2, 0.25) is 0 Å². The van der Waals surface area contributed by atoms with E-state index in [1.165, 1.54) is 12.7 Å². The fraction of sp³-hybridized carbons (Fsp3) is 0.421. The van der Waals surface area contributed by atoms with Gasteiger partial charge in [0.15, 0.2) is 0 Å². The number of carbonyl (C=O) groups is 2. The summed E-state index contributed by atoms with van der Waals surface area (Å²) in [6.07, 6.45) is 10.6. The van der Waals surface area contributed by atoms with Crippen LogP contribution in [0, 0.1) is 5.92 Å². The predicted octanol–water partition coefficient (Wildman–Crippen LogP) is 3.50. The summed E-state index contributed by atoms with van der Waals surface area (Å²) in [7, 11) is 2.84. The van der Waals surface area contributed by atoms with Crippen LogP contribution >= 0.6 is 0 Å². The van der Waals surface area contributed by atoms with Gasteiger partial charge in [-0.2, -0.15) is 0 Å². The monoisotopic (exact) mass is 347 g/mol. The number of hydrogen-bond acceptors (Lipinski definition) is 4. The second-order valence-electron chi connectivity index (χ2n) is 5.43. The van der Waals surface area contributed by atoms with Crippen LogP contribution in [-0.2, 0) is 9.53 Å². The molecule has 0 heterocycles. The highest BCUT2D eigenvalue weighted by Gasteiger charge is 2.15. The van der Waals surface area contributed by atoms with Gasteiger partial charge in [-0.15, -0.1) is 0 Å². The maximum absolute atomic E-state index is 12.3. The number of nitrogens with one attached hydrogen (secondary N) is 2. The van der Waals surface area contributed by atoms with Crippen molar-refractivity contribution in [1.29, 1.82) is 0 Å². The number of rotatable bonds is 8. The van der Waals surface area contributed by atoms with Crippen LogP contribution in [0.25, 0.3) is 0 Å². The van der Waals surface area contributed by atoms with Gasteiger partial charge in [0, 0.05) is 12.8 Å². The molecular formula is C19H29N3O3. The smallest absolute Gasteiger partial charge is 0.425 e. The predicted molar refractivity (Wildman–Crippen MR) is 102 cm³/mol. The Morgan fingerprint density at radius 3 is 2.52 bits per heavy atom. The molecule has 0 fully saturated rings. The SMILES string of the molecule is C=C/C=C\C(=C/C)CCC(C)/C=C(C(=O)NNC(=O)OC)\C(C)=N/C. The van der Waals surface area contributed by atoms with Crippen molar-refractivity contribution in [2.24, 2.45) is 10.9 Å². The molecule has 0 aliphatic heterocycles. The third-order valence-corrected chi connectivity index (χ3v) is 3.59. The van der Waals surface area contributed by atoms with E-state index in [0.29, 0.717) is 11.3 Å². The molecule has 0 aliphatic rings. The second kappa shape index (κ2) is 12.8. The number of methoxy groups -OCH3 is 1. The average Bonchev–Trinajstić information content (AvgIpc) is 2.63. The van der Waals surface area contributed by atoms with Crippen LogP contribution in [0.5, 0.6) is 0 Å². The van der Waals surface area contributed by atoms with Crippen molar-refractivity contribution < 1.29 is 14.3 Å². The summed E-state index contributed by atoms with van der Waals surface area (Å²) in [5, 5.41) is 0. The second-order valence-corrected chi connectivity index (χ2v) is 5.43. The Kier molecular flexibility index (Phi) is 11.4. The third-order valence-electron chi connectivity index (χ3n) is 3.59. The van der Waals surface area contributed by atoms with Crippen LogP contribution in [0.4, 0.5) is 4.79 Å². The Hall–Kier alpha value is -2.63. The highest BCUT2D eigenvalue weighted by Crippen LogP contribution is 2.16. The zero-order chi connectivity index (χ0) is 19.2. The Bertz CT molecular complexity index is 587. The standard InChI is InChI=1S/C19H29N3O3/c1-7-9-10-16(8-2)12-11-14(3)13-17(15(4)20-5)18(23)21-22-19(24)25-6/h7-10,13-14H,1,11-12H2,2-6H3,(H,21,23)(H,22,24)/b10-9-,16-8+,17-13+,20-15-. The van der Waals surface area contributed by atoms with E-state index in [-0.39, 0.29) is 5.92 Å². The summed E-state index contributed by atoms with van der Waals surface area (Å²) >= 11 is 0. The summed E-state index contributed by atoms with van der Waals surface area (Å²) in [4.78, 5) is 27.4. The fourth-order valence-electron chi connectivity index (χ4n) is 1.98. The Morgan fingerprint density at radius 2 is 2.00 bits per heavy atom. The number of aliphatic imine (C=N–C) groups is 1. The molecule has 0 saturated heterocycles. The molecule has 0 aromatic carbocycles. The van der Waals surface area contributed by atoms with Gasteiger partial charge in [0.25, 0.3) is 5.91 Å². The van der Waals surface area contributed by atoms with Crippen molar-refractivity contribution >= 4 is 17.7 Å². The topological polar surface area (TPSA) is 79.8 Å². The molecule has 0 aromatic rings. The first kappa shape index (κ1) is 22.4. The van der Waals surface area contributed by atoms with Gasteiger partial charge < -0.3 is 4.74 Å². The summed E-state index contributed by atoms with van der Waals surface area (Å²) in [6, 6.07) is 0. The number of hydrogen-bond donors (Lipinski definition) is 2. The van der Waals surface area contributed by atoms with Crippen LogP contribution in [0.2, 0.25) is 0 Å². The maximum Gasteiger partial charge on any atom is 0.425 e. The number of hydrazine groups is 1. The van der Waals surface area contributed by atoms with Gasteiger partial charge in [-0.1, -0.05) is 49.5 Å². The number of allylic oxidation sites excluding steroid dienone is 6. The molecule has 1 unspecified atom stereocenters. The van der Waals surface area contributed by atoms with Crippen molar-refractivity contribution in [2.45, 2.75) is 33.6 Å². The van der Waals surface area contributed by atoms with Gasteiger partial charge in [0.05, 0.1) is 12.7 Å². The van der Waals surface area contributed by atoms with Gasteiger partial charge in [-0.3, -0.25) is 15.2 Å². The van der Waals surface area contributed by atoms with E-state index in [0.717, 1.165) is 12.8 Å². The lowest BCUT2D eigenvalue weighted by atomic mass is 9.96. The molecule has 6 nitrogen and oxygen atoms in total. The first-order chi connectivity index (χ1) is 11.9. The molecule has 0 radical (unpaired) electrons. The first-order valence-electron chi connectivity index (χ1n) is 8.13. The quantitative estimate of drug-likeness (QED) is 0.305. The molecule has 0 bridgehead atoms. The molecule has 25 heavy (non-hydrogen) atoms. The van der Waals surface area contributed by atoms with Crippen LogP contribution in [0.1, 0.15) is 33.6 Å². The molecule has 1 atom stereocenters. The van der Waals surface area contributed by atoms with Crippen LogP contribution in [0.15, 0.2) is 53.1 Å². The normalized spacial score (nSPS) is 14.2. The number of ether oxygens (including phenoxy) is 1. The lowest BCUT2D eigenvalue weighted by molar-refractivity contribution is -0.117. The highest BCUT2D eigenvalue weighted by atomic mass is 16.5. The van der Waals surface area contributed by atoms with Gasteiger partial charge in [-0.05, 0) is 32.6 Å². The first-order valence-corrected chi connectivity index (χ1v) is 8.13. The van der Waals surface area contributed by atoms with Gasteiger partial charge in [-0.25, -0.2) is 10.2 Å². The minimum absolute atomic E-state index is 0.155. The fourth-order valence-corrected chi connectivity index (χ4v) is 1.98. The molecular weight excluding hydrogens is 318 g/mol. The summed E-state index contributed by atoms with van der Waals surface area (Å²) in [5.41, 5.74) is 6.70. The van der Waals surface area contributed by atoms with E-state index in [1.807, 2.05) is 32.1 Å². The highest BCUT2D eigenvalue weighted by molar-refractivity contribution is 6.20.